The lowest BCUT2D eigenvalue weighted by Gasteiger charge is -2.61. The summed E-state index contributed by atoms with van der Waals surface area (Å²) < 4.78 is 0. The van der Waals surface area contributed by atoms with Crippen LogP contribution in [0.1, 0.15) is 112 Å². The molecule has 0 spiro atoms. The molecular formula is C29H54N2. The standard InChI is InChI=1S/C29H54N2/c1-20(2)7-6-8-21(3)25-11-12-26-24-10-9-22-19-23(31-18-17-30)13-15-28(22,4)27(24)14-16-29(25,26)5/h20-27,31H,6-19,30H2,1-5H3/t21-,22+,23+,24?,25-,26?,27?,28+,29?/m1/s1. The van der Waals surface area contributed by atoms with Crippen molar-refractivity contribution in [3.05, 3.63) is 0 Å². The van der Waals surface area contributed by atoms with E-state index in [9.17, 15) is 0 Å². The maximum atomic E-state index is 5.76. The van der Waals surface area contributed by atoms with E-state index in [4.69, 9.17) is 5.73 Å². The number of fused-ring (bicyclic) bond motifs is 5. The molecule has 4 rings (SSSR count). The summed E-state index contributed by atoms with van der Waals surface area (Å²) in [6.45, 7) is 14.6. The van der Waals surface area contributed by atoms with Gasteiger partial charge in [0.25, 0.3) is 0 Å². The highest BCUT2D eigenvalue weighted by Gasteiger charge is 2.60. The topological polar surface area (TPSA) is 38.0 Å². The van der Waals surface area contributed by atoms with Crippen LogP contribution in [0.5, 0.6) is 0 Å². The predicted molar refractivity (Wildman–Crippen MR) is 134 cm³/mol. The van der Waals surface area contributed by atoms with Crippen LogP contribution >= 0.6 is 0 Å². The second-order valence-corrected chi connectivity index (χ2v) is 13.4. The molecule has 2 nitrogen and oxygen atoms in total. The molecule has 9 atom stereocenters. The van der Waals surface area contributed by atoms with Crippen LogP contribution < -0.4 is 11.1 Å². The van der Waals surface area contributed by atoms with Gasteiger partial charge in [0.15, 0.2) is 0 Å². The summed E-state index contributed by atoms with van der Waals surface area (Å²) in [6, 6.07) is 0.731. The van der Waals surface area contributed by atoms with Crippen molar-refractivity contribution in [3.63, 3.8) is 0 Å². The third-order valence-electron chi connectivity index (χ3n) is 11.4. The van der Waals surface area contributed by atoms with E-state index in [1.807, 2.05) is 0 Å². The number of rotatable bonds is 8. The van der Waals surface area contributed by atoms with Crippen LogP contribution in [0.15, 0.2) is 0 Å². The SMILES string of the molecule is CC(C)CCC[C@@H](C)[C@H]1CCC2C3CC[C@H]4C[C@@H](NCCN)CC[C@]4(C)C3CCC21C. The fraction of sp³-hybridized carbons (Fsp3) is 1.00. The molecule has 0 bridgehead atoms. The van der Waals surface area contributed by atoms with E-state index in [0.29, 0.717) is 10.8 Å². The van der Waals surface area contributed by atoms with Gasteiger partial charge in [0.1, 0.15) is 0 Å². The van der Waals surface area contributed by atoms with Crippen molar-refractivity contribution in [2.45, 2.75) is 118 Å². The summed E-state index contributed by atoms with van der Waals surface area (Å²) >= 11 is 0. The Labute approximate surface area is 194 Å². The minimum absolute atomic E-state index is 0.617. The molecule has 0 saturated heterocycles. The third kappa shape index (κ3) is 4.51. The van der Waals surface area contributed by atoms with E-state index in [-0.39, 0.29) is 0 Å². The zero-order valence-corrected chi connectivity index (χ0v) is 21.6. The maximum absolute atomic E-state index is 5.76. The number of nitrogens with two attached hydrogens (primary N) is 1. The van der Waals surface area contributed by atoms with Crippen molar-refractivity contribution >= 4 is 0 Å². The van der Waals surface area contributed by atoms with Crippen LogP contribution in [0.4, 0.5) is 0 Å². The minimum Gasteiger partial charge on any atom is -0.329 e. The first-order valence-corrected chi connectivity index (χ1v) is 14.2. The Bertz CT molecular complexity index is 587. The molecule has 4 aliphatic carbocycles. The largest absolute Gasteiger partial charge is 0.329 e. The normalized spacial score (nSPS) is 45.8. The van der Waals surface area contributed by atoms with Gasteiger partial charge >= 0.3 is 0 Å². The van der Waals surface area contributed by atoms with Gasteiger partial charge in [0.05, 0.1) is 0 Å². The van der Waals surface area contributed by atoms with Crippen molar-refractivity contribution in [1.29, 1.82) is 0 Å². The van der Waals surface area contributed by atoms with Gasteiger partial charge in [-0.2, -0.15) is 0 Å². The summed E-state index contributed by atoms with van der Waals surface area (Å²) in [4.78, 5) is 0. The quantitative estimate of drug-likeness (QED) is 0.434. The Kier molecular flexibility index (Phi) is 7.49. The fourth-order valence-corrected chi connectivity index (χ4v) is 9.76. The zero-order chi connectivity index (χ0) is 22.2. The van der Waals surface area contributed by atoms with Crippen LogP contribution in [0.3, 0.4) is 0 Å². The average Bonchev–Trinajstić information content (AvgIpc) is 3.09. The Hall–Kier alpha value is -0.0800. The highest BCUT2D eigenvalue weighted by atomic mass is 14.9. The Morgan fingerprint density at radius 3 is 2.35 bits per heavy atom. The molecule has 0 radical (unpaired) electrons. The van der Waals surface area contributed by atoms with Crippen molar-refractivity contribution in [1.82, 2.24) is 5.32 Å². The lowest BCUT2D eigenvalue weighted by Crippen LogP contribution is -2.55. The summed E-state index contributed by atoms with van der Waals surface area (Å²) in [5.74, 6) is 6.81. The Morgan fingerprint density at radius 1 is 0.871 bits per heavy atom. The van der Waals surface area contributed by atoms with E-state index in [2.05, 4.69) is 39.9 Å². The van der Waals surface area contributed by atoms with E-state index in [0.717, 1.165) is 60.6 Å². The molecule has 4 aliphatic rings. The summed E-state index contributed by atoms with van der Waals surface area (Å²) in [5.41, 5.74) is 7.02. The first-order valence-electron chi connectivity index (χ1n) is 14.2. The van der Waals surface area contributed by atoms with E-state index in [1.54, 1.807) is 0 Å². The Morgan fingerprint density at radius 2 is 1.61 bits per heavy atom. The zero-order valence-electron chi connectivity index (χ0n) is 21.6. The third-order valence-corrected chi connectivity index (χ3v) is 11.4. The van der Waals surface area contributed by atoms with Crippen molar-refractivity contribution in [2.75, 3.05) is 13.1 Å². The van der Waals surface area contributed by atoms with Gasteiger partial charge in [-0.15, -0.1) is 0 Å². The van der Waals surface area contributed by atoms with Crippen molar-refractivity contribution in [2.24, 2.45) is 58.0 Å². The summed E-state index contributed by atoms with van der Waals surface area (Å²) in [7, 11) is 0. The van der Waals surface area contributed by atoms with Crippen LogP contribution in [0.2, 0.25) is 0 Å². The fourth-order valence-electron chi connectivity index (χ4n) is 9.76. The van der Waals surface area contributed by atoms with E-state index < -0.39 is 0 Å². The van der Waals surface area contributed by atoms with Gasteiger partial charge in [0, 0.05) is 19.1 Å². The smallest absolute Gasteiger partial charge is 0.00770 e. The molecule has 31 heavy (non-hydrogen) atoms. The average molecular weight is 431 g/mol. The molecule has 0 heterocycles. The molecule has 180 valence electrons. The molecule has 2 heteroatoms. The van der Waals surface area contributed by atoms with E-state index in [1.165, 1.54) is 77.0 Å². The van der Waals surface area contributed by atoms with Crippen LogP contribution in [-0.2, 0) is 0 Å². The highest BCUT2D eigenvalue weighted by Crippen LogP contribution is 2.68. The van der Waals surface area contributed by atoms with Crippen LogP contribution in [0.25, 0.3) is 0 Å². The van der Waals surface area contributed by atoms with Crippen molar-refractivity contribution in [3.8, 4) is 0 Å². The van der Waals surface area contributed by atoms with Crippen LogP contribution in [0, 0.1) is 52.3 Å². The summed E-state index contributed by atoms with van der Waals surface area (Å²) in [5, 5.41) is 3.75. The predicted octanol–water partition coefficient (Wildman–Crippen LogP) is 7.02. The second-order valence-electron chi connectivity index (χ2n) is 13.4. The first-order chi connectivity index (χ1) is 14.8. The van der Waals surface area contributed by atoms with E-state index >= 15 is 0 Å². The highest BCUT2D eigenvalue weighted by molar-refractivity contribution is 5.10. The number of hydrogen-bond donors (Lipinski definition) is 2. The first kappa shape index (κ1) is 24.1. The molecule has 4 unspecified atom stereocenters. The molecule has 4 saturated carbocycles. The second kappa shape index (κ2) is 9.65. The Balaban J connectivity index is 1.41. The summed E-state index contributed by atoms with van der Waals surface area (Å²) in [6.07, 6.45) is 17.7. The van der Waals surface area contributed by atoms with Gasteiger partial charge in [-0.3, -0.25) is 0 Å². The lowest BCUT2D eigenvalue weighted by atomic mass is 9.44. The molecule has 0 aliphatic heterocycles. The molecule has 0 amide bonds. The maximum Gasteiger partial charge on any atom is 0.00770 e. The van der Waals surface area contributed by atoms with Gasteiger partial charge < -0.3 is 11.1 Å². The van der Waals surface area contributed by atoms with Gasteiger partial charge in [-0.05, 0) is 110 Å². The number of nitrogens with one attached hydrogen (secondary N) is 1. The van der Waals surface area contributed by atoms with Crippen molar-refractivity contribution < 1.29 is 0 Å². The van der Waals surface area contributed by atoms with Gasteiger partial charge in [-0.25, -0.2) is 0 Å². The molecular weight excluding hydrogens is 376 g/mol. The molecule has 3 N–H and O–H groups in total. The van der Waals surface area contributed by atoms with Gasteiger partial charge in [-0.1, -0.05) is 53.9 Å². The lowest BCUT2D eigenvalue weighted by molar-refractivity contribution is -0.117. The number of hydrogen-bond acceptors (Lipinski definition) is 2. The molecule has 4 fully saturated rings. The molecule has 0 aromatic carbocycles. The van der Waals surface area contributed by atoms with Gasteiger partial charge in [0.2, 0.25) is 0 Å². The minimum atomic E-state index is 0.617. The molecule has 0 aromatic rings. The molecule has 0 aromatic heterocycles. The monoisotopic (exact) mass is 430 g/mol. The van der Waals surface area contributed by atoms with Crippen LogP contribution in [-0.4, -0.2) is 19.1 Å².